The summed E-state index contributed by atoms with van der Waals surface area (Å²) in [4.78, 5) is 12.3. The van der Waals surface area contributed by atoms with Crippen molar-refractivity contribution in [2.45, 2.75) is 33.1 Å². The number of hydrogen-bond donors (Lipinski definition) is 1. The van der Waals surface area contributed by atoms with E-state index in [4.69, 9.17) is 9.47 Å². The summed E-state index contributed by atoms with van der Waals surface area (Å²) >= 11 is 0. The zero-order valence-corrected chi connectivity index (χ0v) is 15.8. The Balaban J connectivity index is 2.46. The normalized spacial score (nSPS) is 10.3. The highest BCUT2D eigenvalue weighted by molar-refractivity contribution is 5.95. The van der Waals surface area contributed by atoms with Gasteiger partial charge in [-0.25, -0.2) is 4.79 Å². The van der Waals surface area contributed by atoms with Crippen LogP contribution in [-0.2, 0) is 24.0 Å². The van der Waals surface area contributed by atoms with Gasteiger partial charge in [-0.2, -0.15) is 0 Å². The number of phenolic OH excluding ortho intramolecular Hbond substituents is 1. The van der Waals surface area contributed by atoms with Crippen LogP contribution in [0.5, 0.6) is 11.5 Å². The SMILES string of the molecule is COC(=O)c1c(CCc2ccccc2)cc(OC)c(CC=C(C)C)c1O. The molecule has 0 unspecified atom stereocenters. The lowest BCUT2D eigenvalue weighted by Gasteiger charge is -2.17. The van der Waals surface area contributed by atoms with E-state index in [-0.39, 0.29) is 11.3 Å². The second-order valence-electron chi connectivity index (χ2n) is 6.40. The number of methoxy groups -OCH3 is 2. The Labute approximate surface area is 155 Å². The lowest BCUT2D eigenvalue weighted by molar-refractivity contribution is 0.0596. The van der Waals surface area contributed by atoms with Crippen molar-refractivity contribution >= 4 is 5.97 Å². The first-order valence-electron chi connectivity index (χ1n) is 8.65. The second kappa shape index (κ2) is 9.09. The summed E-state index contributed by atoms with van der Waals surface area (Å²) in [6.07, 6.45) is 3.82. The van der Waals surface area contributed by atoms with Crippen LogP contribution in [0.2, 0.25) is 0 Å². The second-order valence-corrected chi connectivity index (χ2v) is 6.40. The zero-order valence-electron chi connectivity index (χ0n) is 15.8. The minimum Gasteiger partial charge on any atom is -0.507 e. The van der Waals surface area contributed by atoms with Gasteiger partial charge in [0.15, 0.2) is 0 Å². The van der Waals surface area contributed by atoms with Crippen LogP contribution in [0.25, 0.3) is 0 Å². The molecule has 4 nitrogen and oxygen atoms in total. The van der Waals surface area contributed by atoms with Crippen molar-refractivity contribution in [1.29, 1.82) is 0 Å². The van der Waals surface area contributed by atoms with Gasteiger partial charge in [0.2, 0.25) is 0 Å². The quantitative estimate of drug-likeness (QED) is 0.588. The van der Waals surface area contributed by atoms with Gasteiger partial charge in [-0.05, 0) is 50.3 Å². The molecule has 0 bridgehead atoms. The maximum Gasteiger partial charge on any atom is 0.341 e. The number of aromatic hydroxyl groups is 1. The van der Waals surface area contributed by atoms with E-state index in [0.29, 0.717) is 24.2 Å². The molecule has 0 saturated heterocycles. The Kier molecular flexibility index (Phi) is 6.84. The van der Waals surface area contributed by atoms with Gasteiger partial charge in [0.25, 0.3) is 0 Å². The predicted molar refractivity (Wildman–Crippen MR) is 103 cm³/mol. The molecule has 1 N–H and O–H groups in total. The summed E-state index contributed by atoms with van der Waals surface area (Å²) in [5, 5.41) is 10.8. The van der Waals surface area contributed by atoms with E-state index in [9.17, 15) is 9.90 Å². The van der Waals surface area contributed by atoms with Gasteiger partial charge in [0.05, 0.1) is 14.2 Å². The molecule has 2 aromatic rings. The smallest absolute Gasteiger partial charge is 0.341 e. The van der Waals surface area contributed by atoms with Crippen molar-refractivity contribution in [1.82, 2.24) is 0 Å². The van der Waals surface area contributed by atoms with Gasteiger partial charge in [-0.1, -0.05) is 42.0 Å². The number of aryl methyl sites for hydroxylation is 2. The molecule has 26 heavy (non-hydrogen) atoms. The Morgan fingerprint density at radius 2 is 1.81 bits per heavy atom. The number of allylic oxidation sites excluding steroid dienone is 2. The van der Waals surface area contributed by atoms with Gasteiger partial charge in [0, 0.05) is 5.56 Å². The third kappa shape index (κ3) is 4.66. The van der Waals surface area contributed by atoms with Crippen molar-refractivity contribution in [2.75, 3.05) is 14.2 Å². The molecular weight excluding hydrogens is 328 g/mol. The van der Waals surface area contributed by atoms with Crippen LogP contribution in [0, 0.1) is 0 Å². The lowest BCUT2D eigenvalue weighted by Crippen LogP contribution is -2.10. The Morgan fingerprint density at radius 3 is 2.38 bits per heavy atom. The lowest BCUT2D eigenvalue weighted by atomic mass is 9.94. The van der Waals surface area contributed by atoms with Crippen molar-refractivity contribution in [3.05, 3.63) is 70.3 Å². The molecule has 0 atom stereocenters. The molecule has 0 radical (unpaired) electrons. The number of ether oxygens (including phenoxy) is 2. The molecule has 0 aromatic heterocycles. The minimum atomic E-state index is -0.535. The monoisotopic (exact) mass is 354 g/mol. The fourth-order valence-electron chi connectivity index (χ4n) is 2.87. The molecule has 0 amide bonds. The van der Waals surface area contributed by atoms with Crippen LogP contribution in [0.15, 0.2) is 48.0 Å². The number of esters is 1. The molecule has 0 heterocycles. The number of phenols is 1. The zero-order chi connectivity index (χ0) is 19.1. The van der Waals surface area contributed by atoms with Crippen LogP contribution < -0.4 is 4.74 Å². The van der Waals surface area contributed by atoms with E-state index in [0.717, 1.165) is 23.1 Å². The Morgan fingerprint density at radius 1 is 1.12 bits per heavy atom. The largest absolute Gasteiger partial charge is 0.507 e. The van der Waals surface area contributed by atoms with E-state index in [2.05, 4.69) is 0 Å². The first kappa shape index (κ1) is 19.6. The molecular formula is C22H26O4. The highest BCUT2D eigenvalue weighted by atomic mass is 16.5. The molecule has 2 rings (SSSR count). The molecule has 0 aliphatic heterocycles. The molecule has 2 aromatic carbocycles. The number of hydrogen-bond acceptors (Lipinski definition) is 4. The van der Waals surface area contributed by atoms with E-state index in [1.165, 1.54) is 7.11 Å². The Bertz CT molecular complexity index is 788. The fraction of sp³-hybridized carbons (Fsp3) is 0.318. The number of carbonyl (C=O) groups excluding carboxylic acids is 1. The highest BCUT2D eigenvalue weighted by Crippen LogP contribution is 2.36. The summed E-state index contributed by atoms with van der Waals surface area (Å²) in [7, 11) is 2.89. The maximum atomic E-state index is 12.3. The standard InChI is InChI=1S/C22H26O4/c1-15(2)10-13-18-19(25-3)14-17(20(21(18)23)22(24)26-4)12-11-16-8-6-5-7-9-16/h5-10,14,23H,11-13H2,1-4H3. The average Bonchev–Trinajstić information content (AvgIpc) is 2.65. The van der Waals surface area contributed by atoms with Crippen molar-refractivity contribution < 1.29 is 19.4 Å². The average molecular weight is 354 g/mol. The van der Waals surface area contributed by atoms with E-state index < -0.39 is 5.97 Å². The van der Waals surface area contributed by atoms with Crippen molar-refractivity contribution in [3.8, 4) is 11.5 Å². The summed E-state index contributed by atoms with van der Waals surface area (Å²) in [5.74, 6) is -0.0147. The third-order valence-corrected chi connectivity index (χ3v) is 4.30. The summed E-state index contributed by atoms with van der Waals surface area (Å²) < 4.78 is 10.4. The van der Waals surface area contributed by atoms with E-state index in [1.54, 1.807) is 7.11 Å². The van der Waals surface area contributed by atoms with Gasteiger partial charge in [-0.15, -0.1) is 0 Å². The van der Waals surface area contributed by atoms with Crippen LogP contribution in [0.3, 0.4) is 0 Å². The molecule has 0 aliphatic carbocycles. The summed E-state index contributed by atoms with van der Waals surface area (Å²) in [6, 6.07) is 11.9. The maximum absolute atomic E-state index is 12.3. The number of rotatable bonds is 7. The van der Waals surface area contributed by atoms with Crippen LogP contribution in [0.4, 0.5) is 0 Å². The van der Waals surface area contributed by atoms with Gasteiger partial charge >= 0.3 is 5.97 Å². The Hall–Kier alpha value is -2.75. The molecule has 4 heteroatoms. The molecule has 138 valence electrons. The fourth-order valence-corrected chi connectivity index (χ4v) is 2.87. The predicted octanol–water partition coefficient (Wildman–Crippen LogP) is 4.48. The first-order chi connectivity index (χ1) is 12.5. The summed E-state index contributed by atoms with van der Waals surface area (Å²) in [6.45, 7) is 3.97. The summed E-state index contributed by atoms with van der Waals surface area (Å²) in [5.41, 5.74) is 3.82. The van der Waals surface area contributed by atoms with Crippen LogP contribution >= 0.6 is 0 Å². The number of carbonyl (C=O) groups is 1. The molecule has 0 saturated carbocycles. The van der Waals surface area contributed by atoms with Gasteiger partial charge in [0.1, 0.15) is 17.1 Å². The van der Waals surface area contributed by atoms with Crippen molar-refractivity contribution in [3.63, 3.8) is 0 Å². The van der Waals surface area contributed by atoms with Crippen molar-refractivity contribution in [2.24, 2.45) is 0 Å². The number of benzene rings is 2. The molecule has 0 spiro atoms. The van der Waals surface area contributed by atoms with Gasteiger partial charge < -0.3 is 14.6 Å². The first-order valence-corrected chi connectivity index (χ1v) is 8.65. The van der Waals surface area contributed by atoms with Crippen LogP contribution in [0.1, 0.15) is 40.9 Å². The van der Waals surface area contributed by atoms with Gasteiger partial charge in [-0.3, -0.25) is 0 Å². The minimum absolute atomic E-state index is 0.0586. The van der Waals surface area contributed by atoms with E-state index >= 15 is 0 Å². The topological polar surface area (TPSA) is 55.8 Å². The van der Waals surface area contributed by atoms with E-state index in [1.807, 2.05) is 56.3 Å². The van der Waals surface area contributed by atoms with Crippen LogP contribution in [-0.4, -0.2) is 25.3 Å². The highest BCUT2D eigenvalue weighted by Gasteiger charge is 2.23. The molecule has 0 aliphatic rings. The third-order valence-electron chi connectivity index (χ3n) is 4.30. The molecule has 0 fully saturated rings.